The molecule has 2 aromatic rings. The van der Waals surface area contributed by atoms with E-state index in [0.29, 0.717) is 6.42 Å². The summed E-state index contributed by atoms with van der Waals surface area (Å²) in [4.78, 5) is 12.8. The molecule has 3 nitrogen and oxygen atoms in total. The van der Waals surface area contributed by atoms with Gasteiger partial charge in [0.25, 0.3) is 5.91 Å². The first-order chi connectivity index (χ1) is 12.4. The normalized spacial score (nSPS) is 13.2. The highest BCUT2D eigenvalue weighted by Crippen LogP contribution is 2.24. The Morgan fingerprint density at radius 2 is 1.69 bits per heavy atom. The highest BCUT2D eigenvalue weighted by Gasteiger charge is 2.22. The van der Waals surface area contributed by atoms with Crippen molar-refractivity contribution in [2.24, 2.45) is 0 Å². The standard InChI is InChI=1S/C23H31NO2/c1-7-20(19-13-12-15(3)17(5)14-19)24-23(25)21(8-2)26-22-11-9-10-16(4)18(22)6/h9-14,20-21H,7-8H2,1-6H3,(H,24,25)/t20-,21-/m1/s1. The maximum absolute atomic E-state index is 12.8. The van der Waals surface area contributed by atoms with Crippen LogP contribution in [0.5, 0.6) is 5.75 Å². The summed E-state index contributed by atoms with van der Waals surface area (Å²) in [5.41, 5.74) is 5.90. The molecular formula is C23H31NO2. The zero-order valence-electron chi connectivity index (χ0n) is 16.8. The Kier molecular flexibility index (Phi) is 6.84. The molecule has 140 valence electrons. The van der Waals surface area contributed by atoms with E-state index in [-0.39, 0.29) is 11.9 Å². The van der Waals surface area contributed by atoms with Gasteiger partial charge in [0.15, 0.2) is 6.10 Å². The number of hydrogen-bond acceptors (Lipinski definition) is 2. The van der Waals surface area contributed by atoms with E-state index in [4.69, 9.17) is 4.74 Å². The zero-order chi connectivity index (χ0) is 19.3. The van der Waals surface area contributed by atoms with Crippen molar-refractivity contribution in [3.05, 3.63) is 64.2 Å². The van der Waals surface area contributed by atoms with Crippen LogP contribution in [0.1, 0.15) is 60.5 Å². The molecule has 0 aliphatic carbocycles. The van der Waals surface area contributed by atoms with Gasteiger partial charge in [0.2, 0.25) is 0 Å². The van der Waals surface area contributed by atoms with Crippen molar-refractivity contribution < 1.29 is 9.53 Å². The lowest BCUT2D eigenvalue weighted by Crippen LogP contribution is -2.40. The molecule has 0 fully saturated rings. The minimum atomic E-state index is -0.490. The first kappa shape index (κ1) is 20.0. The van der Waals surface area contributed by atoms with Gasteiger partial charge in [-0.1, -0.05) is 44.2 Å². The molecule has 0 heterocycles. The lowest BCUT2D eigenvalue weighted by Gasteiger charge is -2.23. The predicted molar refractivity (Wildman–Crippen MR) is 108 cm³/mol. The van der Waals surface area contributed by atoms with Crippen LogP contribution in [0, 0.1) is 27.7 Å². The molecule has 0 bridgehead atoms. The Bertz CT molecular complexity index is 767. The van der Waals surface area contributed by atoms with Crippen LogP contribution in [0.15, 0.2) is 36.4 Å². The van der Waals surface area contributed by atoms with Crippen molar-refractivity contribution in [3.8, 4) is 5.75 Å². The summed E-state index contributed by atoms with van der Waals surface area (Å²) < 4.78 is 6.05. The quantitative estimate of drug-likeness (QED) is 0.729. The highest BCUT2D eigenvalue weighted by atomic mass is 16.5. The van der Waals surface area contributed by atoms with Gasteiger partial charge >= 0.3 is 0 Å². The summed E-state index contributed by atoms with van der Waals surface area (Å²) in [6.07, 6.45) is 0.979. The fraction of sp³-hybridized carbons (Fsp3) is 0.435. The number of hydrogen-bond donors (Lipinski definition) is 1. The van der Waals surface area contributed by atoms with Crippen LogP contribution >= 0.6 is 0 Å². The molecule has 0 aliphatic heterocycles. The second kappa shape index (κ2) is 8.88. The minimum absolute atomic E-state index is 0.00180. The first-order valence-electron chi connectivity index (χ1n) is 9.47. The third kappa shape index (κ3) is 4.66. The van der Waals surface area contributed by atoms with E-state index in [2.05, 4.69) is 57.3 Å². The summed E-state index contributed by atoms with van der Waals surface area (Å²) in [5, 5.41) is 3.17. The summed E-state index contributed by atoms with van der Waals surface area (Å²) in [6, 6.07) is 12.3. The van der Waals surface area contributed by atoms with E-state index in [1.54, 1.807) is 0 Å². The molecule has 0 unspecified atom stereocenters. The summed E-state index contributed by atoms with van der Waals surface area (Å²) >= 11 is 0. The van der Waals surface area contributed by atoms with Gasteiger partial charge in [-0.2, -0.15) is 0 Å². The Morgan fingerprint density at radius 3 is 2.31 bits per heavy atom. The van der Waals surface area contributed by atoms with Crippen LogP contribution in [0.4, 0.5) is 0 Å². The molecule has 0 aliphatic rings. The van der Waals surface area contributed by atoms with Crippen LogP contribution in [0.3, 0.4) is 0 Å². The first-order valence-corrected chi connectivity index (χ1v) is 9.47. The number of carbonyl (C=O) groups is 1. The predicted octanol–water partition coefficient (Wildman–Crippen LogP) is 5.35. The second-order valence-electron chi connectivity index (χ2n) is 7.03. The molecule has 0 saturated carbocycles. The molecule has 2 atom stereocenters. The Balaban J connectivity index is 2.13. The number of nitrogens with one attached hydrogen (secondary N) is 1. The number of ether oxygens (including phenoxy) is 1. The van der Waals surface area contributed by atoms with E-state index in [1.807, 2.05) is 26.0 Å². The van der Waals surface area contributed by atoms with Crippen LogP contribution in [0.2, 0.25) is 0 Å². The van der Waals surface area contributed by atoms with Crippen molar-refractivity contribution in [1.29, 1.82) is 0 Å². The van der Waals surface area contributed by atoms with Gasteiger partial charge in [-0.25, -0.2) is 0 Å². The molecule has 26 heavy (non-hydrogen) atoms. The van der Waals surface area contributed by atoms with Crippen molar-refractivity contribution >= 4 is 5.91 Å². The summed E-state index contributed by atoms with van der Waals surface area (Å²) in [5.74, 6) is 0.727. The Hall–Kier alpha value is -2.29. The monoisotopic (exact) mass is 353 g/mol. The third-order valence-electron chi connectivity index (χ3n) is 5.15. The van der Waals surface area contributed by atoms with Crippen molar-refractivity contribution in [1.82, 2.24) is 5.32 Å². The molecule has 1 N–H and O–H groups in total. The maximum Gasteiger partial charge on any atom is 0.261 e. The fourth-order valence-corrected chi connectivity index (χ4v) is 2.99. The molecule has 2 rings (SSSR count). The van der Waals surface area contributed by atoms with E-state index >= 15 is 0 Å². The smallest absolute Gasteiger partial charge is 0.261 e. The van der Waals surface area contributed by atoms with Gasteiger partial charge in [0, 0.05) is 0 Å². The largest absolute Gasteiger partial charge is 0.480 e. The van der Waals surface area contributed by atoms with Gasteiger partial charge < -0.3 is 10.1 Å². The Labute approximate surface area is 157 Å². The molecule has 1 amide bonds. The van der Waals surface area contributed by atoms with Crippen LogP contribution in [-0.2, 0) is 4.79 Å². The van der Waals surface area contributed by atoms with E-state index in [1.165, 1.54) is 16.7 Å². The van der Waals surface area contributed by atoms with Crippen molar-refractivity contribution in [2.75, 3.05) is 0 Å². The van der Waals surface area contributed by atoms with Gasteiger partial charge in [-0.05, 0) is 74.4 Å². The second-order valence-corrected chi connectivity index (χ2v) is 7.03. The molecule has 0 aromatic heterocycles. The van der Waals surface area contributed by atoms with E-state index in [0.717, 1.165) is 23.3 Å². The number of aryl methyl sites for hydroxylation is 3. The molecule has 0 spiro atoms. The number of carbonyl (C=O) groups excluding carboxylic acids is 1. The SMILES string of the molecule is CC[C@@H](Oc1cccc(C)c1C)C(=O)N[C@H](CC)c1ccc(C)c(C)c1. The molecule has 3 heteroatoms. The van der Waals surface area contributed by atoms with E-state index in [9.17, 15) is 4.79 Å². The van der Waals surface area contributed by atoms with Crippen molar-refractivity contribution in [2.45, 2.75) is 66.5 Å². The highest BCUT2D eigenvalue weighted by molar-refractivity contribution is 5.81. The molecular weight excluding hydrogens is 322 g/mol. The zero-order valence-corrected chi connectivity index (χ0v) is 16.8. The molecule has 0 saturated heterocycles. The molecule has 2 aromatic carbocycles. The van der Waals surface area contributed by atoms with E-state index < -0.39 is 6.10 Å². The van der Waals surface area contributed by atoms with Gasteiger partial charge in [0.05, 0.1) is 6.04 Å². The van der Waals surface area contributed by atoms with Crippen LogP contribution in [-0.4, -0.2) is 12.0 Å². The number of rotatable bonds is 7. The van der Waals surface area contributed by atoms with Crippen molar-refractivity contribution in [3.63, 3.8) is 0 Å². The average molecular weight is 354 g/mol. The third-order valence-corrected chi connectivity index (χ3v) is 5.15. The lowest BCUT2D eigenvalue weighted by molar-refractivity contribution is -0.129. The van der Waals surface area contributed by atoms with Gasteiger partial charge in [-0.3, -0.25) is 4.79 Å². The van der Waals surface area contributed by atoms with Gasteiger partial charge in [0.1, 0.15) is 5.75 Å². The number of benzene rings is 2. The topological polar surface area (TPSA) is 38.3 Å². The van der Waals surface area contributed by atoms with Gasteiger partial charge in [-0.15, -0.1) is 0 Å². The van der Waals surface area contributed by atoms with Crippen LogP contribution in [0.25, 0.3) is 0 Å². The molecule has 0 radical (unpaired) electrons. The summed E-state index contributed by atoms with van der Waals surface area (Å²) in [7, 11) is 0. The number of amides is 1. The lowest BCUT2D eigenvalue weighted by atomic mass is 9.99. The average Bonchev–Trinajstić information content (AvgIpc) is 2.63. The summed E-state index contributed by atoms with van der Waals surface area (Å²) in [6.45, 7) is 12.4. The maximum atomic E-state index is 12.8. The van der Waals surface area contributed by atoms with Crippen LogP contribution < -0.4 is 10.1 Å². The fourth-order valence-electron chi connectivity index (χ4n) is 2.99. The Morgan fingerprint density at radius 1 is 0.962 bits per heavy atom. The minimum Gasteiger partial charge on any atom is -0.480 e.